The van der Waals surface area contributed by atoms with Crippen LogP contribution in [0.1, 0.15) is 155 Å². The minimum Gasteiger partial charge on any atom is -0.394 e. The molecular formula is C34H65NO5. The van der Waals surface area contributed by atoms with Crippen LogP contribution in [0, 0.1) is 0 Å². The van der Waals surface area contributed by atoms with Crippen molar-refractivity contribution in [3.8, 4) is 0 Å². The van der Waals surface area contributed by atoms with Crippen molar-refractivity contribution in [1.29, 1.82) is 0 Å². The lowest BCUT2D eigenvalue weighted by molar-refractivity contribution is -0.132. The van der Waals surface area contributed by atoms with Crippen molar-refractivity contribution in [3.63, 3.8) is 0 Å². The molecule has 0 saturated carbocycles. The van der Waals surface area contributed by atoms with Gasteiger partial charge in [0.1, 0.15) is 12.2 Å². The van der Waals surface area contributed by atoms with Gasteiger partial charge in [-0.1, -0.05) is 128 Å². The Balaban J connectivity index is 3.93. The number of carbonyl (C=O) groups excluding carboxylic acids is 1. The number of allylic oxidation sites excluding steroid dienone is 4. The number of unbranched alkanes of at least 4 members (excludes halogenated alkanes) is 16. The monoisotopic (exact) mass is 567 g/mol. The molecule has 0 rings (SSSR count). The van der Waals surface area contributed by atoms with Crippen LogP contribution in [0.3, 0.4) is 0 Å². The Hall–Kier alpha value is -1.21. The van der Waals surface area contributed by atoms with Crippen molar-refractivity contribution in [3.05, 3.63) is 24.3 Å². The van der Waals surface area contributed by atoms with E-state index >= 15 is 0 Å². The molecule has 0 aromatic carbocycles. The van der Waals surface area contributed by atoms with Crippen molar-refractivity contribution in [2.45, 2.75) is 179 Å². The molecular weight excluding hydrogens is 502 g/mol. The molecule has 0 saturated heterocycles. The molecule has 6 heteroatoms. The van der Waals surface area contributed by atoms with Crippen LogP contribution >= 0.6 is 0 Å². The third-order valence-electron chi connectivity index (χ3n) is 7.64. The second-order valence-corrected chi connectivity index (χ2v) is 11.5. The van der Waals surface area contributed by atoms with Crippen molar-refractivity contribution in [2.24, 2.45) is 0 Å². The fourth-order valence-electron chi connectivity index (χ4n) is 4.89. The molecule has 0 aromatic heterocycles. The summed E-state index contributed by atoms with van der Waals surface area (Å²) in [5, 5.41) is 43.1. The van der Waals surface area contributed by atoms with E-state index in [0.717, 1.165) is 38.5 Å². The summed E-state index contributed by atoms with van der Waals surface area (Å²) >= 11 is 0. The lowest BCUT2D eigenvalue weighted by Crippen LogP contribution is -2.53. The van der Waals surface area contributed by atoms with E-state index in [-0.39, 0.29) is 0 Å². The lowest BCUT2D eigenvalue weighted by atomic mass is 10.00. The normalized spacial score (nSPS) is 15.1. The molecule has 1 amide bonds. The molecule has 0 heterocycles. The van der Waals surface area contributed by atoms with Gasteiger partial charge in [-0.25, -0.2) is 0 Å². The number of carbonyl (C=O) groups is 1. The zero-order valence-electron chi connectivity index (χ0n) is 26.1. The summed E-state index contributed by atoms with van der Waals surface area (Å²) in [6.07, 6.45) is 29.2. The highest BCUT2D eigenvalue weighted by atomic mass is 16.3. The first kappa shape index (κ1) is 38.8. The first-order valence-electron chi connectivity index (χ1n) is 16.7. The molecule has 0 aliphatic rings. The molecule has 40 heavy (non-hydrogen) atoms. The Morgan fingerprint density at radius 1 is 0.600 bits per heavy atom. The molecule has 5 N–H and O–H groups in total. The number of rotatable bonds is 29. The average Bonchev–Trinajstić information content (AvgIpc) is 2.96. The highest BCUT2D eigenvalue weighted by Gasteiger charge is 2.28. The van der Waals surface area contributed by atoms with Gasteiger partial charge in [0.05, 0.1) is 18.8 Å². The highest BCUT2D eigenvalue weighted by molar-refractivity contribution is 5.80. The predicted octanol–water partition coefficient (Wildman–Crippen LogP) is 7.28. The van der Waals surface area contributed by atoms with Gasteiger partial charge in [-0.15, -0.1) is 0 Å². The number of hydrogen-bond donors (Lipinski definition) is 5. The minimum absolute atomic E-state index is 0.360. The van der Waals surface area contributed by atoms with E-state index in [9.17, 15) is 25.2 Å². The van der Waals surface area contributed by atoms with E-state index in [2.05, 4.69) is 43.5 Å². The average molecular weight is 568 g/mol. The van der Waals surface area contributed by atoms with Crippen LogP contribution in [0.4, 0.5) is 0 Å². The lowest BCUT2D eigenvalue weighted by Gasteiger charge is -2.27. The summed E-state index contributed by atoms with van der Waals surface area (Å²) in [5.41, 5.74) is 0. The van der Waals surface area contributed by atoms with Gasteiger partial charge in [-0.05, 0) is 51.4 Å². The van der Waals surface area contributed by atoms with Crippen LogP contribution in [0.2, 0.25) is 0 Å². The summed E-state index contributed by atoms with van der Waals surface area (Å²) in [6, 6.07) is -1.00. The van der Waals surface area contributed by atoms with Crippen LogP contribution in [0.15, 0.2) is 24.3 Å². The first-order valence-corrected chi connectivity index (χ1v) is 16.7. The molecule has 0 aliphatic carbocycles. The van der Waals surface area contributed by atoms with Crippen molar-refractivity contribution in [2.75, 3.05) is 6.61 Å². The van der Waals surface area contributed by atoms with E-state index in [1.54, 1.807) is 0 Å². The molecule has 0 spiro atoms. The van der Waals surface area contributed by atoms with Gasteiger partial charge in [-0.3, -0.25) is 4.79 Å². The van der Waals surface area contributed by atoms with Gasteiger partial charge < -0.3 is 25.7 Å². The Labute approximate surface area is 246 Å². The van der Waals surface area contributed by atoms with Gasteiger partial charge >= 0.3 is 0 Å². The van der Waals surface area contributed by atoms with Crippen molar-refractivity contribution in [1.82, 2.24) is 5.32 Å². The fraction of sp³-hybridized carbons (Fsp3) is 0.853. The topological polar surface area (TPSA) is 110 Å². The number of nitrogens with one attached hydrogen (secondary N) is 1. The van der Waals surface area contributed by atoms with E-state index < -0.39 is 36.9 Å². The quantitative estimate of drug-likeness (QED) is 0.0482. The van der Waals surface area contributed by atoms with E-state index in [4.69, 9.17) is 0 Å². The molecule has 4 unspecified atom stereocenters. The molecule has 4 atom stereocenters. The molecule has 0 bridgehead atoms. The molecule has 6 nitrogen and oxygen atoms in total. The molecule has 236 valence electrons. The summed E-state index contributed by atoms with van der Waals surface area (Å²) in [7, 11) is 0. The van der Waals surface area contributed by atoms with Crippen molar-refractivity contribution >= 4 is 5.91 Å². The number of aliphatic hydroxyl groups excluding tert-OH is 4. The third kappa shape index (κ3) is 23.5. The maximum absolute atomic E-state index is 12.3. The number of amides is 1. The summed E-state index contributed by atoms with van der Waals surface area (Å²) < 4.78 is 0. The van der Waals surface area contributed by atoms with Crippen LogP contribution in [-0.4, -0.2) is 57.3 Å². The Morgan fingerprint density at radius 3 is 1.57 bits per heavy atom. The van der Waals surface area contributed by atoms with Crippen LogP contribution < -0.4 is 5.32 Å². The van der Waals surface area contributed by atoms with Crippen LogP contribution in [-0.2, 0) is 4.79 Å². The van der Waals surface area contributed by atoms with Crippen molar-refractivity contribution < 1.29 is 25.2 Å². The van der Waals surface area contributed by atoms with Crippen LogP contribution in [0.5, 0.6) is 0 Å². The largest absolute Gasteiger partial charge is 0.394 e. The Morgan fingerprint density at radius 2 is 1.05 bits per heavy atom. The van der Waals surface area contributed by atoms with Gasteiger partial charge in [0, 0.05) is 0 Å². The summed E-state index contributed by atoms with van der Waals surface area (Å²) in [5.74, 6) is -0.604. The Bertz CT molecular complexity index is 609. The fourth-order valence-corrected chi connectivity index (χ4v) is 4.89. The number of hydrogen-bond acceptors (Lipinski definition) is 5. The molecule has 0 aliphatic heterocycles. The van der Waals surface area contributed by atoms with Gasteiger partial charge in [-0.2, -0.15) is 0 Å². The Kier molecular flexibility index (Phi) is 28.4. The smallest absolute Gasteiger partial charge is 0.249 e. The molecule has 0 aromatic rings. The van der Waals surface area contributed by atoms with Gasteiger partial charge in [0.2, 0.25) is 5.91 Å². The second-order valence-electron chi connectivity index (χ2n) is 11.5. The van der Waals surface area contributed by atoms with E-state index in [0.29, 0.717) is 19.3 Å². The van der Waals surface area contributed by atoms with Gasteiger partial charge in [0.25, 0.3) is 0 Å². The number of aliphatic hydroxyl groups is 4. The standard InChI is InChI=1S/C34H65NO5/c1-3-5-7-9-11-13-14-15-16-17-18-19-20-22-23-25-27-31(37)33(39)30(29-36)35-34(40)32(38)28-26-24-21-12-10-8-6-4-2/h16-17,20,22,30-33,36-39H,3-15,18-19,21,23-29H2,1-2H3,(H,35,40)/b17-16+,22-20+. The maximum Gasteiger partial charge on any atom is 0.249 e. The molecule has 0 fully saturated rings. The summed E-state index contributed by atoms with van der Waals surface area (Å²) in [6.45, 7) is 3.95. The zero-order valence-corrected chi connectivity index (χ0v) is 26.1. The first-order chi connectivity index (χ1) is 19.5. The maximum atomic E-state index is 12.3. The predicted molar refractivity (Wildman–Crippen MR) is 168 cm³/mol. The van der Waals surface area contributed by atoms with Gasteiger partial charge in [0.15, 0.2) is 0 Å². The third-order valence-corrected chi connectivity index (χ3v) is 7.64. The summed E-state index contributed by atoms with van der Waals surface area (Å²) in [4.78, 5) is 12.3. The minimum atomic E-state index is -1.28. The van der Waals surface area contributed by atoms with E-state index in [1.165, 1.54) is 83.5 Å². The second kappa shape index (κ2) is 29.3. The SMILES string of the molecule is CCCCCCCCC/C=C/CC/C=C/CCCC(O)C(O)C(CO)NC(=O)C(O)CCCCCCCCCC. The zero-order chi connectivity index (χ0) is 29.7. The van der Waals surface area contributed by atoms with Crippen LogP contribution in [0.25, 0.3) is 0 Å². The highest BCUT2D eigenvalue weighted by Crippen LogP contribution is 2.13. The van der Waals surface area contributed by atoms with E-state index in [1.807, 2.05) is 0 Å². The molecule has 0 radical (unpaired) electrons.